The van der Waals surface area contributed by atoms with E-state index in [1.165, 1.54) is 12.1 Å². The summed E-state index contributed by atoms with van der Waals surface area (Å²) >= 11 is 5.60. The van der Waals surface area contributed by atoms with E-state index in [-0.39, 0.29) is 22.8 Å². The number of hydrogen-bond acceptors (Lipinski definition) is 3. The Morgan fingerprint density at radius 2 is 2.20 bits per heavy atom. The lowest BCUT2D eigenvalue weighted by Crippen LogP contribution is -2.34. The van der Waals surface area contributed by atoms with E-state index < -0.39 is 12.9 Å². The van der Waals surface area contributed by atoms with E-state index in [2.05, 4.69) is 6.58 Å². The van der Waals surface area contributed by atoms with E-state index in [1.807, 2.05) is 0 Å². The molecule has 0 radical (unpaired) electrons. The van der Waals surface area contributed by atoms with Gasteiger partial charge in [-0.25, -0.2) is 4.39 Å². The zero-order valence-corrected chi connectivity index (χ0v) is 8.54. The summed E-state index contributed by atoms with van der Waals surface area (Å²) in [4.78, 5) is 0. The standard InChI is InChI=1S/C9H9BClFO3/c1-2-3-15-8-5-6(11)4-7(12)9(8)10(13)14/h2,4-5,13-14H,1,3H2. The smallest absolute Gasteiger partial charge is 0.490 e. The van der Waals surface area contributed by atoms with Crippen LogP contribution in [0, 0.1) is 5.82 Å². The monoisotopic (exact) mass is 230 g/mol. The first-order valence-electron chi connectivity index (χ1n) is 4.15. The van der Waals surface area contributed by atoms with Crippen LogP contribution in [0.15, 0.2) is 24.8 Å². The van der Waals surface area contributed by atoms with E-state index in [1.54, 1.807) is 0 Å². The van der Waals surface area contributed by atoms with Gasteiger partial charge >= 0.3 is 7.12 Å². The number of halogens is 2. The molecule has 0 amide bonds. The molecule has 0 fully saturated rings. The Balaban J connectivity index is 3.14. The van der Waals surface area contributed by atoms with Gasteiger partial charge in [-0.2, -0.15) is 0 Å². The summed E-state index contributed by atoms with van der Waals surface area (Å²) in [6, 6.07) is 2.29. The number of benzene rings is 1. The Hall–Kier alpha value is -1.04. The molecule has 0 heterocycles. The number of rotatable bonds is 4. The third kappa shape index (κ3) is 2.96. The molecule has 0 aliphatic carbocycles. The van der Waals surface area contributed by atoms with Gasteiger partial charge in [-0.05, 0) is 12.1 Å². The van der Waals surface area contributed by atoms with E-state index in [0.717, 1.165) is 6.07 Å². The predicted molar refractivity (Wildman–Crippen MR) is 56.9 cm³/mol. The van der Waals surface area contributed by atoms with Gasteiger partial charge in [0.1, 0.15) is 18.2 Å². The van der Waals surface area contributed by atoms with Gasteiger partial charge < -0.3 is 14.8 Å². The summed E-state index contributed by atoms with van der Waals surface area (Å²) in [6.45, 7) is 3.54. The fraction of sp³-hybridized carbons (Fsp3) is 0.111. The van der Waals surface area contributed by atoms with Crippen LogP contribution >= 0.6 is 11.6 Å². The molecule has 2 N–H and O–H groups in total. The average Bonchev–Trinajstić information content (AvgIpc) is 2.12. The van der Waals surface area contributed by atoms with Crippen LogP contribution in [0.5, 0.6) is 5.75 Å². The zero-order valence-electron chi connectivity index (χ0n) is 7.78. The first-order chi connectivity index (χ1) is 7.06. The number of ether oxygens (including phenoxy) is 1. The predicted octanol–water partition coefficient (Wildman–Crippen LogP) is 0.724. The summed E-state index contributed by atoms with van der Waals surface area (Å²) in [6.07, 6.45) is 1.45. The van der Waals surface area contributed by atoms with Crippen molar-refractivity contribution >= 4 is 24.2 Å². The van der Waals surface area contributed by atoms with Crippen molar-refractivity contribution in [2.24, 2.45) is 0 Å². The normalized spacial score (nSPS) is 9.87. The molecule has 80 valence electrons. The van der Waals surface area contributed by atoms with Crippen LogP contribution in [-0.2, 0) is 0 Å². The minimum atomic E-state index is -1.94. The number of hydrogen-bond donors (Lipinski definition) is 2. The fourth-order valence-corrected chi connectivity index (χ4v) is 1.27. The molecule has 1 rings (SSSR count). The second-order valence-corrected chi connectivity index (χ2v) is 3.21. The lowest BCUT2D eigenvalue weighted by molar-refractivity contribution is 0.359. The summed E-state index contributed by atoms with van der Waals surface area (Å²) in [5, 5.41) is 18.0. The van der Waals surface area contributed by atoms with Gasteiger partial charge in [0.2, 0.25) is 0 Å². The maximum absolute atomic E-state index is 13.3. The molecule has 1 aromatic rings. The van der Waals surface area contributed by atoms with Crippen LogP contribution in [0.25, 0.3) is 0 Å². The maximum Gasteiger partial charge on any atom is 0.495 e. The van der Waals surface area contributed by atoms with Crippen molar-refractivity contribution in [3.63, 3.8) is 0 Å². The molecule has 0 aliphatic rings. The highest BCUT2D eigenvalue weighted by atomic mass is 35.5. The highest BCUT2D eigenvalue weighted by Crippen LogP contribution is 2.18. The lowest BCUT2D eigenvalue weighted by Gasteiger charge is -2.10. The SMILES string of the molecule is C=CCOc1cc(Cl)cc(F)c1B(O)O. The lowest BCUT2D eigenvalue weighted by atomic mass is 9.79. The van der Waals surface area contributed by atoms with Gasteiger partial charge in [0.15, 0.2) is 0 Å². The van der Waals surface area contributed by atoms with Crippen LogP contribution in [0.1, 0.15) is 0 Å². The molecule has 0 aliphatic heterocycles. The van der Waals surface area contributed by atoms with Crippen LogP contribution in [-0.4, -0.2) is 23.8 Å². The Kier molecular flexibility index (Phi) is 4.14. The second-order valence-electron chi connectivity index (χ2n) is 2.77. The minimum Gasteiger partial charge on any atom is -0.490 e. The third-order valence-electron chi connectivity index (χ3n) is 1.67. The average molecular weight is 230 g/mol. The van der Waals surface area contributed by atoms with Crippen LogP contribution in [0.4, 0.5) is 4.39 Å². The molecule has 0 bridgehead atoms. The van der Waals surface area contributed by atoms with Crippen molar-refractivity contribution in [3.05, 3.63) is 35.6 Å². The van der Waals surface area contributed by atoms with E-state index in [0.29, 0.717) is 0 Å². The van der Waals surface area contributed by atoms with Crippen molar-refractivity contribution in [1.29, 1.82) is 0 Å². The first kappa shape index (κ1) is 12.0. The summed E-state index contributed by atoms with van der Waals surface area (Å²) in [5.74, 6) is -0.827. The van der Waals surface area contributed by atoms with Gasteiger partial charge in [0.05, 0.1) is 5.46 Å². The molecule has 15 heavy (non-hydrogen) atoms. The summed E-state index contributed by atoms with van der Waals surface area (Å²) in [5.41, 5.74) is -0.332. The summed E-state index contributed by atoms with van der Waals surface area (Å²) in [7, 11) is -1.94. The van der Waals surface area contributed by atoms with Crippen LogP contribution in [0.2, 0.25) is 5.02 Å². The molecule has 1 aromatic carbocycles. The Bertz CT molecular complexity index is 371. The molecule has 0 unspecified atom stereocenters. The molecule has 0 aromatic heterocycles. The topological polar surface area (TPSA) is 49.7 Å². The third-order valence-corrected chi connectivity index (χ3v) is 1.89. The molecule has 0 atom stereocenters. The molecular formula is C9H9BClFO3. The van der Waals surface area contributed by atoms with Gasteiger partial charge in [0, 0.05) is 5.02 Å². The van der Waals surface area contributed by atoms with Crippen LogP contribution in [0.3, 0.4) is 0 Å². The highest BCUT2D eigenvalue weighted by Gasteiger charge is 2.22. The highest BCUT2D eigenvalue weighted by molar-refractivity contribution is 6.60. The molecule has 3 nitrogen and oxygen atoms in total. The van der Waals surface area contributed by atoms with Crippen molar-refractivity contribution < 1.29 is 19.2 Å². The van der Waals surface area contributed by atoms with Crippen molar-refractivity contribution in [2.75, 3.05) is 6.61 Å². The molecule has 6 heteroatoms. The second kappa shape index (κ2) is 5.16. The Morgan fingerprint density at radius 3 is 2.73 bits per heavy atom. The molecule has 0 spiro atoms. The van der Waals surface area contributed by atoms with Crippen molar-refractivity contribution in [2.45, 2.75) is 0 Å². The van der Waals surface area contributed by atoms with E-state index >= 15 is 0 Å². The van der Waals surface area contributed by atoms with Crippen LogP contribution < -0.4 is 10.2 Å². The molecule has 0 saturated heterocycles. The Morgan fingerprint density at radius 1 is 1.53 bits per heavy atom. The van der Waals surface area contributed by atoms with E-state index in [9.17, 15) is 4.39 Å². The summed E-state index contributed by atoms with van der Waals surface area (Å²) < 4.78 is 18.3. The van der Waals surface area contributed by atoms with Gasteiger partial charge in [-0.15, -0.1) is 0 Å². The van der Waals surface area contributed by atoms with Gasteiger partial charge in [0.25, 0.3) is 0 Å². The largest absolute Gasteiger partial charge is 0.495 e. The molecular weight excluding hydrogens is 221 g/mol. The van der Waals surface area contributed by atoms with Crippen molar-refractivity contribution in [3.8, 4) is 5.75 Å². The van der Waals surface area contributed by atoms with Gasteiger partial charge in [-0.1, -0.05) is 24.3 Å². The fourth-order valence-electron chi connectivity index (χ4n) is 1.08. The van der Waals surface area contributed by atoms with E-state index in [4.69, 9.17) is 26.4 Å². The van der Waals surface area contributed by atoms with Crippen molar-refractivity contribution in [1.82, 2.24) is 0 Å². The maximum atomic E-state index is 13.3. The molecule has 0 saturated carbocycles. The zero-order chi connectivity index (χ0) is 11.4. The van der Waals surface area contributed by atoms with Gasteiger partial charge in [-0.3, -0.25) is 0 Å². The quantitative estimate of drug-likeness (QED) is 0.592. The first-order valence-corrected chi connectivity index (χ1v) is 4.52. The minimum absolute atomic E-state index is 0.00472. The Labute approximate surface area is 91.9 Å².